The summed E-state index contributed by atoms with van der Waals surface area (Å²) in [5, 5.41) is 1.65. The zero-order valence-corrected chi connectivity index (χ0v) is 13.5. The number of amides is 1. The minimum Gasteiger partial charge on any atom is -0.338 e. The van der Waals surface area contributed by atoms with Crippen LogP contribution in [0.3, 0.4) is 0 Å². The van der Waals surface area contributed by atoms with Crippen molar-refractivity contribution in [1.29, 1.82) is 0 Å². The van der Waals surface area contributed by atoms with Gasteiger partial charge in [-0.05, 0) is 55.9 Å². The molecule has 0 aliphatic carbocycles. The molecular formula is C15H19BrClNO. The Balaban J connectivity index is 2.10. The van der Waals surface area contributed by atoms with Gasteiger partial charge in [0.1, 0.15) is 0 Å². The molecule has 1 aromatic carbocycles. The second kappa shape index (κ2) is 6.76. The summed E-state index contributed by atoms with van der Waals surface area (Å²) in [4.78, 5) is 14.5. The molecule has 1 aliphatic rings. The number of likely N-dealkylation sites (tertiary alicyclic amines) is 1. The average molecular weight is 345 g/mol. The molecule has 1 unspecified atom stereocenters. The first-order valence-corrected chi connectivity index (χ1v) is 8.22. The molecule has 2 nitrogen and oxygen atoms in total. The molecule has 1 aromatic rings. The van der Waals surface area contributed by atoms with Crippen molar-refractivity contribution in [2.24, 2.45) is 5.92 Å². The Morgan fingerprint density at radius 1 is 1.47 bits per heavy atom. The maximum atomic E-state index is 12.5. The molecular weight excluding hydrogens is 326 g/mol. The fourth-order valence-corrected chi connectivity index (χ4v) is 3.62. The Kier molecular flexibility index (Phi) is 5.28. The fraction of sp³-hybridized carbons (Fsp3) is 0.533. The molecule has 0 bridgehead atoms. The van der Waals surface area contributed by atoms with E-state index in [1.807, 2.05) is 24.0 Å². The Hall–Kier alpha value is -0.540. The van der Waals surface area contributed by atoms with Crippen LogP contribution < -0.4 is 0 Å². The van der Waals surface area contributed by atoms with Crippen LogP contribution in [0.1, 0.15) is 35.2 Å². The summed E-state index contributed by atoms with van der Waals surface area (Å²) in [7, 11) is 0. The number of alkyl halides is 1. The lowest BCUT2D eigenvalue weighted by molar-refractivity contribution is 0.0672. The molecule has 0 radical (unpaired) electrons. The van der Waals surface area contributed by atoms with Crippen molar-refractivity contribution in [2.45, 2.75) is 26.2 Å². The first kappa shape index (κ1) is 14.9. The minimum absolute atomic E-state index is 0.116. The van der Waals surface area contributed by atoms with Crippen LogP contribution in [0.15, 0.2) is 18.2 Å². The van der Waals surface area contributed by atoms with Gasteiger partial charge in [-0.2, -0.15) is 0 Å². The summed E-state index contributed by atoms with van der Waals surface area (Å²) in [6.07, 6.45) is 3.46. The summed E-state index contributed by atoms with van der Waals surface area (Å²) in [6, 6.07) is 5.56. The molecule has 0 spiro atoms. The first-order chi connectivity index (χ1) is 9.10. The van der Waals surface area contributed by atoms with Crippen molar-refractivity contribution < 1.29 is 4.79 Å². The molecule has 1 saturated heterocycles. The summed E-state index contributed by atoms with van der Waals surface area (Å²) < 4.78 is 0. The van der Waals surface area contributed by atoms with Crippen LogP contribution in [0.2, 0.25) is 5.02 Å². The second-order valence-electron chi connectivity index (χ2n) is 5.25. The fourth-order valence-electron chi connectivity index (χ4n) is 2.68. The van der Waals surface area contributed by atoms with Crippen molar-refractivity contribution in [3.8, 4) is 0 Å². The lowest BCUT2D eigenvalue weighted by Gasteiger charge is -2.32. The van der Waals surface area contributed by atoms with Gasteiger partial charge in [0.05, 0.1) is 0 Å². The molecule has 1 aliphatic heterocycles. The van der Waals surface area contributed by atoms with Gasteiger partial charge >= 0.3 is 0 Å². The van der Waals surface area contributed by atoms with E-state index in [2.05, 4.69) is 15.9 Å². The number of rotatable bonds is 3. The molecule has 104 valence electrons. The quantitative estimate of drug-likeness (QED) is 0.749. The highest BCUT2D eigenvalue weighted by atomic mass is 79.9. The molecule has 1 fully saturated rings. The number of hydrogen-bond donors (Lipinski definition) is 0. The van der Waals surface area contributed by atoms with E-state index in [4.69, 9.17) is 11.6 Å². The highest BCUT2D eigenvalue weighted by Gasteiger charge is 2.24. The highest BCUT2D eigenvalue weighted by Crippen LogP contribution is 2.23. The topological polar surface area (TPSA) is 20.3 Å². The third-order valence-corrected chi connectivity index (χ3v) is 4.29. The predicted octanol–water partition coefficient (Wildman–Crippen LogP) is 4.29. The molecule has 1 heterocycles. The standard InChI is InChI=1S/C15H19BrClNO/c1-11-7-13(9-14(17)8-11)15(19)18-6-2-3-12(10-18)4-5-16/h7-9,12H,2-6,10H2,1H3. The van der Waals surface area contributed by atoms with Crippen LogP contribution in [0.4, 0.5) is 0 Å². The van der Waals surface area contributed by atoms with Gasteiger partial charge in [-0.15, -0.1) is 0 Å². The van der Waals surface area contributed by atoms with Crippen LogP contribution in [0.25, 0.3) is 0 Å². The van der Waals surface area contributed by atoms with Crippen molar-refractivity contribution in [3.63, 3.8) is 0 Å². The van der Waals surface area contributed by atoms with Gasteiger partial charge in [-0.25, -0.2) is 0 Å². The maximum Gasteiger partial charge on any atom is 0.253 e. The van der Waals surface area contributed by atoms with E-state index in [0.717, 1.165) is 36.8 Å². The van der Waals surface area contributed by atoms with Crippen molar-refractivity contribution in [2.75, 3.05) is 18.4 Å². The minimum atomic E-state index is 0.116. The van der Waals surface area contributed by atoms with E-state index in [1.54, 1.807) is 6.07 Å². The molecule has 1 atom stereocenters. The molecule has 0 saturated carbocycles. The maximum absolute atomic E-state index is 12.5. The first-order valence-electron chi connectivity index (χ1n) is 6.72. The van der Waals surface area contributed by atoms with E-state index in [9.17, 15) is 4.79 Å². The van der Waals surface area contributed by atoms with Gasteiger partial charge in [0.15, 0.2) is 0 Å². The van der Waals surface area contributed by atoms with Gasteiger partial charge < -0.3 is 4.90 Å². The molecule has 0 N–H and O–H groups in total. The van der Waals surface area contributed by atoms with Crippen LogP contribution in [0, 0.1) is 12.8 Å². The van der Waals surface area contributed by atoms with E-state index < -0.39 is 0 Å². The van der Waals surface area contributed by atoms with Crippen LogP contribution >= 0.6 is 27.5 Å². The number of nitrogens with zero attached hydrogens (tertiary/aromatic N) is 1. The summed E-state index contributed by atoms with van der Waals surface area (Å²) in [5.41, 5.74) is 1.74. The van der Waals surface area contributed by atoms with E-state index >= 15 is 0 Å². The SMILES string of the molecule is Cc1cc(Cl)cc(C(=O)N2CCCC(CCBr)C2)c1. The van der Waals surface area contributed by atoms with E-state index in [-0.39, 0.29) is 5.91 Å². The van der Waals surface area contributed by atoms with Crippen molar-refractivity contribution >= 4 is 33.4 Å². The Labute approximate surface area is 128 Å². The highest BCUT2D eigenvalue weighted by molar-refractivity contribution is 9.09. The van der Waals surface area contributed by atoms with Gasteiger partial charge in [0, 0.05) is 29.0 Å². The Morgan fingerprint density at radius 2 is 2.26 bits per heavy atom. The van der Waals surface area contributed by atoms with Gasteiger partial charge in [0.2, 0.25) is 0 Å². The number of carbonyl (C=O) groups is 1. The number of hydrogen-bond acceptors (Lipinski definition) is 1. The smallest absolute Gasteiger partial charge is 0.253 e. The normalized spacial score (nSPS) is 19.5. The lowest BCUT2D eigenvalue weighted by atomic mass is 9.95. The zero-order valence-electron chi connectivity index (χ0n) is 11.2. The zero-order chi connectivity index (χ0) is 13.8. The Morgan fingerprint density at radius 3 is 2.95 bits per heavy atom. The van der Waals surface area contributed by atoms with Crippen LogP contribution in [-0.2, 0) is 0 Å². The number of carbonyl (C=O) groups excluding carboxylic acids is 1. The average Bonchev–Trinajstić information content (AvgIpc) is 2.37. The number of aryl methyl sites for hydroxylation is 1. The van der Waals surface area contributed by atoms with Gasteiger partial charge in [-0.3, -0.25) is 4.79 Å². The van der Waals surface area contributed by atoms with Crippen LogP contribution in [0.5, 0.6) is 0 Å². The second-order valence-corrected chi connectivity index (χ2v) is 6.48. The molecule has 19 heavy (non-hydrogen) atoms. The van der Waals surface area contributed by atoms with Gasteiger partial charge in [-0.1, -0.05) is 27.5 Å². The van der Waals surface area contributed by atoms with Gasteiger partial charge in [0.25, 0.3) is 5.91 Å². The molecule has 4 heteroatoms. The van der Waals surface area contributed by atoms with E-state index in [0.29, 0.717) is 16.5 Å². The van der Waals surface area contributed by atoms with Crippen molar-refractivity contribution in [1.82, 2.24) is 4.90 Å². The molecule has 0 aromatic heterocycles. The predicted molar refractivity (Wildman–Crippen MR) is 83.2 cm³/mol. The summed E-state index contributed by atoms with van der Waals surface area (Å²) >= 11 is 9.52. The summed E-state index contributed by atoms with van der Waals surface area (Å²) in [5.74, 6) is 0.738. The third kappa shape index (κ3) is 3.96. The van der Waals surface area contributed by atoms with E-state index in [1.165, 1.54) is 6.42 Å². The molecule has 2 rings (SSSR count). The van der Waals surface area contributed by atoms with Crippen LogP contribution in [-0.4, -0.2) is 29.2 Å². The number of halogens is 2. The lowest BCUT2D eigenvalue weighted by Crippen LogP contribution is -2.40. The van der Waals surface area contributed by atoms with Crippen molar-refractivity contribution in [3.05, 3.63) is 34.3 Å². The Bertz CT molecular complexity index is 441. The third-order valence-electron chi connectivity index (χ3n) is 3.61. The number of benzene rings is 1. The molecule has 1 amide bonds. The largest absolute Gasteiger partial charge is 0.338 e. The number of piperidine rings is 1. The monoisotopic (exact) mass is 343 g/mol. The summed E-state index contributed by atoms with van der Waals surface area (Å²) in [6.45, 7) is 3.70.